The van der Waals surface area contributed by atoms with E-state index in [2.05, 4.69) is 14.7 Å². The molecule has 3 heterocycles. The van der Waals surface area contributed by atoms with E-state index in [-0.39, 0.29) is 28.1 Å². The minimum absolute atomic E-state index is 0.0126. The van der Waals surface area contributed by atoms with E-state index in [1.807, 2.05) is 4.90 Å². The van der Waals surface area contributed by atoms with Crippen LogP contribution >= 0.6 is 0 Å². The number of nitrogens with one attached hydrogen (secondary N) is 1. The summed E-state index contributed by atoms with van der Waals surface area (Å²) in [6.07, 6.45) is -3.89. The quantitative estimate of drug-likeness (QED) is 0.580. The zero-order valence-corrected chi connectivity index (χ0v) is 18.5. The molecule has 0 bridgehead atoms. The molecule has 11 heteroatoms. The zero-order chi connectivity index (χ0) is 23.8. The second kappa shape index (κ2) is 8.64. The van der Waals surface area contributed by atoms with Gasteiger partial charge in [-0.25, -0.2) is 9.97 Å². The maximum Gasteiger partial charge on any atom is 0.418 e. The molecule has 0 aliphatic carbocycles. The highest BCUT2D eigenvalue weighted by Crippen LogP contribution is 2.38. The van der Waals surface area contributed by atoms with Gasteiger partial charge in [-0.15, -0.1) is 0 Å². The summed E-state index contributed by atoms with van der Waals surface area (Å²) in [6, 6.07) is 12.8. The van der Waals surface area contributed by atoms with E-state index in [1.54, 1.807) is 37.3 Å². The summed E-state index contributed by atoms with van der Waals surface area (Å²) in [5.41, 5.74) is 5.45. The van der Waals surface area contributed by atoms with Gasteiger partial charge in [0.1, 0.15) is 11.6 Å². The Kier molecular flexibility index (Phi) is 6.02. The second-order valence-electron chi connectivity index (χ2n) is 7.84. The third kappa shape index (κ3) is 4.93. The molecule has 174 valence electrons. The van der Waals surface area contributed by atoms with Crippen LogP contribution in [0.4, 0.5) is 24.8 Å². The lowest BCUT2D eigenvalue weighted by molar-refractivity contribution is -0.137. The molecule has 1 aliphatic heterocycles. The molecule has 1 saturated heterocycles. The molecule has 1 unspecified atom stereocenters. The van der Waals surface area contributed by atoms with Gasteiger partial charge in [0.2, 0.25) is 0 Å². The molecule has 0 amide bonds. The van der Waals surface area contributed by atoms with Gasteiger partial charge in [-0.2, -0.15) is 21.6 Å². The van der Waals surface area contributed by atoms with Crippen molar-refractivity contribution in [3.05, 3.63) is 65.7 Å². The summed E-state index contributed by atoms with van der Waals surface area (Å²) in [5, 5.41) is -0.264. The number of rotatable bonds is 5. The minimum atomic E-state index is -4.66. The van der Waals surface area contributed by atoms with E-state index in [0.717, 1.165) is 18.6 Å². The van der Waals surface area contributed by atoms with Crippen molar-refractivity contribution in [2.75, 3.05) is 22.7 Å². The largest absolute Gasteiger partial charge is 0.418 e. The predicted molar refractivity (Wildman–Crippen MR) is 119 cm³/mol. The molecular weight excluding hydrogens is 455 g/mol. The number of aryl methyl sites for hydroxylation is 1. The SMILES string of the molecule is Cc1ccccc1-c1nc(NS(=O)(=O)c2cccc(N3CCC(N)C3)n2)ccc1C(F)(F)F. The standard InChI is InChI=1S/C22H22F3N5O2S/c1-14-5-2-3-6-16(14)21-17(22(23,24)25)9-10-18(27-21)29-33(31,32)20-8-4-7-19(28-20)30-12-11-15(26)13-30/h2-10,15H,11-13,26H2,1H3,(H,27,29). The number of hydrogen-bond acceptors (Lipinski definition) is 6. The Labute approximate surface area is 189 Å². The molecular formula is C22H22F3N5O2S. The van der Waals surface area contributed by atoms with Crippen LogP contribution in [0.2, 0.25) is 0 Å². The third-order valence-corrected chi connectivity index (χ3v) is 6.63. The lowest BCUT2D eigenvalue weighted by Gasteiger charge is -2.18. The molecule has 3 N–H and O–H groups in total. The molecule has 1 aromatic carbocycles. The molecule has 3 aromatic rings. The topological polar surface area (TPSA) is 101 Å². The number of aromatic nitrogens is 2. The number of pyridine rings is 2. The number of nitrogens with two attached hydrogens (primary N) is 1. The molecule has 0 saturated carbocycles. The van der Waals surface area contributed by atoms with Gasteiger partial charge >= 0.3 is 6.18 Å². The Hall–Kier alpha value is -3.18. The number of alkyl halides is 3. The smallest absolute Gasteiger partial charge is 0.355 e. The number of halogens is 3. The first kappa shape index (κ1) is 23.0. The first-order valence-corrected chi connectivity index (χ1v) is 11.7. The van der Waals surface area contributed by atoms with Crippen LogP contribution in [0.15, 0.2) is 59.6 Å². The van der Waals surface area contributed by atoms with Crippen molar-refractivity contribution in [2.24, 2.45) is 5.73 Å². The average Bonchev–Trinajstić information content (AvgIpc) is 3.19. The van der Waals surface area contributed by atoms with Gasteiger partial charge in [0.15, 0.2) is 5.03 Å². The van der Waals surface area contributed by atoms with Crippen LogP contribution in [-0.2, 0) is 16.2 Å². The summed E-state index contributed by atoms with van der Waals surface area (Å²) in [4.78, 5) is 10.1. The molecule has 1 aliphatic rings. The van der Waals surface area contributed by atoms with Crippen LogP contribution in [0.1, 0.15) is 17.5 Å². The summed E-state index contributed by atoms with van der Waals surface area (Å²) >= 11 is 0. The summed E-state index contributed by atoms with van der Waals surface area (Å²) in [7, 11) is -4.20. The molecule has 1 fully saturated rings. The van der Waals surface area contributed by atoms with Crippen LogP contribution in [0.3, 0.4) is 0 Å². The van der Waals surface area contributed by atoms with Crippen LogP contribution in [0, 0.1) is 6.92 Å². The molecule has 0 spiro atoms. The van der Waals surface area contributed by atoms with E-state index < -0.39 is 21.8 Å². The van der Waals surface area contributed by atoms with Crippen molar-refractivity contribution in [1.82, 2.24) is 9.97 Å². The molecule has 2 aromatic heterocycles. The lowest BCUT2D eigenvalue weighted by Crippen LogP contribution is -2.27. The number of benzene rings is 1. The Bertz CT molecular complexity index is 1280. The van der Waals surface area contributed by atoms with E-state index in [9.17, 15) is 21.6 Å². The highest BCUT2D eigenvalue weighted by atomic mass is 32.2. The van der Waals surface area contributed by atoms with E-state index in [4.69, 9.17) is 5.73 Å². The van der Waals surface area contributed by atoms with Crippen LogP contribution < -0.4 is 15.4 Å². The van der Waals surface area contributed by atoms with Gasteiger partial charge in [-0.1, -0.05) is 30.3 Å². The van der Waals surface area contributed by atoms with Gasteiger partial charge in [-0.3, -0.25) is 4.72 Å². The zero-order valence-electron chi connectivity index (χ0n) is 17.7. The van der Waals surface area contributed by atoms with Crippen molar-refractivity contribution in [1.29, 1.82) is 0 Å². The summed E-state index contributed by atoms with van der Waals surface area (Å²) < 4.78 is 69.0. The first-order valence-electron chi connectivity index (χ1n) is 10.2. The highest BCUT2D eigenvalue weighted by Gasteiger charge is 2.35. The van der Waals surface area contributed by atoms with Crippen molar-refractivity contribution in [3.8, 4) is 11.3 Å². The molecule has 1 atom stereocenters. The normalized spacial score (nSPS) is 16.8. The fourth-order valence-electron chi connectivity index (χ4n) is 3.70. The number of hydrogen-bond donors (Lipinski definition) is 2. The predicted octanol–water partition coefficient (Wildman–Crippen LogP) is 3.81. The van der Waals surface area contributed by atoms with Gasteiger partial charge in [-0.05, 0) is 43.2 Å². The van der Waals surface area contributed by atoms with Crippen molar-refractivity contribution < 1.29 is 21.6 Å². The highest BCUT2D eigenvalue weighted by molar-refractivity contribution is 7.92. The van der Waals surface area contributed by atoms with Crippen LogP contribution in [-0.4, -0.2) is 37.5 Å². The molecule has 33 heavy (non-hydrogen) atoms. The number of anilines is 2. The summed E-state index contributed by atoms with van der Waals surface area (Å²) in [5.74, 6) is 0.225. The van der Waals surface area contributed by atoms with E-state index in [0.29, 0.717) is 24.5 Å². The molecule has 0 radical (unpaired) electrons. The lowest BCUT2D eigenvalue weighted by atomic mass is 10.0. The maximum atomic E-state index is 13.6. The maximum absolute atomic E-state index is 13.6. The van der Waals surface area contributed by atoms with Gasteiger partial charge in [0.05, 0.1) is 11.3 Å². The average molecular weight is 478 g/mol. The fraction of sp³-hybridized carbons (Fsp3) is 0.273. The Morgan fingerprint density at radius 1 is 1.06 bits per heavy atom. The Balaban J connectivity index is 1.69. The Morgan fingerprint density at radius 2 is 1.82 bits per heavy atom. The molecule has 4 rings (SSSR count). The second-order valence-corrected chi connectivity index (χ2v) is 9.47. The number of nitrogens with zero attached hydrogens (tertiary/aromatic N) is 3. The van der Waals surface area contributed by atoms with Crippen molar-refractivity contribution >= 4 is 21.7 Å². The van der Waals surface area contributed by atoms with E-state index >= 15 is 0 Å². The van der Waals surface area contributed by atoms with Gasteiger partial charge in [0.25, 0.3) is 10.0 Å². The van der Waals surface area contributed by atoms with Crippen molar-refractivity contribution in [3.63, 3.8) is 0 Å². The van der Waals surface area contributed by atoms with Crippen molar-refractivity contribution in [2.45, 2.75) is 30.6 Å². The monoisotopic (exact) mass is 477 g/mol. The summed E-state index contributed by atoms with van der Waals surface area (Å²) in [6.45, 7) is 2.88. The fourth-order valence-corrected chi connectivity index (χ4v) is 4.67. The van der Waals surface area contributed by atoms with Crippen LogP contribution in [0.5, 0.6) is 0 Å². The first-order chi connectivity index (χ1) is 15.5. The minimum Gasteiger partial charge on any atom is -0.355 e. The van der Waals surface area contributed by atoms with Gasteiger partial charge in [0, 0.05) is 24.7 Å². The third-order valence-electron chi connectivity index (χ3n) is 5.37. The van der Waals surface area contributed by atoms with Crippen LogP contribution in [0.25, 0.3) is 11.3 Å². The van der Waals surface area contributed by atoms with E-state index in [1.165, 1.54) is 12.1 Å². The van der Waals surface area contributed by atoms with Gasteiger partial charge < -0.3 is 10.6 Å². The molecule has 7 nitrogen and oxygen atoms in total. The number of sulfonamides is 1. The Morgan fingerprint density at radius 3 is 2.48 bits per heavy atom.